The van der Waals surface area contributed by atoms with E-state index in [0.717, 1.165) is 23.1 Å². The minimum absolute atomic E-state index is 0.0138. The third-order valence-electron chi connectivity index (χ3n) is 2.41. The lowest BCUT2D eigenvalue weighted by Gasteiger charge is -2.05. The predicted molar refractivity (Wildman–Crippen MR) is 79.8 cm³/mol. The Labute approximate surface area is 125 Å². The van der Waals surface area contributed by atoms with Crippen LogP contribution in [0, 0.1) is 5.82 Å². The highest BCUT2D eigenvalue weighted by Gasteiger charge is 2.11. The second-order valence-corrected chi connectivity index (χ2v) is 6.60. The molecule has 1 aromatic carbocycles. The van der Waals surface area contributed by atoms with E-state index in [4.69, 9.17) is 5.14 Å². The van der Waals surface area contributed by atoms with Gasteiger partial charge in [-0.15, -0.1) is 11.3 Å². The summed E-state index contributed by atoms with van der Waals surface area (Å²) in [4.78, 5) is 12.2. The molecule has 3 N–H and O–H groups in total. The standard InChI is InChI=1S/C13H11FN2O3S2/c14-9-6-10(8-12(7-9)21(15,18)19)16-13(17)4-3-11-2-1-5-20-11/h1-8H,(H,16,17)(H2,15,18,19)/b4-3+. The van der Waals surface area contributed by atoms with E-state index in [9.17, 15) is 17.6 Å². The molecular weight excluding hydrogens is 315 g/mol. The van der Waals surface area contributed by atoms with E-state index in [2.05, 4.69) is 5.32 Å². The second kappa shape index (κ2) is 6.17. The molecule has 0 aliphatic heterocycles. The number of halogens is 1. The van der Waals surface area contributed by atoms with Crippen LogP contribution in [0.4, 0.5) is 10.1 Å². The zero-order valence-corrected chi connectivity index (χ0v) is 12.2. The van der Waals surface area contributed by atoms with Crippen LogP contribution in [0.15, 0.2) is 46.7 Å². The van der Waals surface area contributed by atoms with Gasteiger partial charge in [0.25, 0.3) is 0 Å². The number of amides is 1. The van der Waals surface area contributed by atoms with E-state index in [1.54, 1.807) is 6.08 Å². The minimum Gasteiger partial charge on any atom is -0.322 e. The Morgan fingerprint density at radius 3 is 2.71 bits per heavy atom. The first-order chi connectivity index (χ1) is 9.84. The van der Waals surface area contributed by atoms with E-state index < -0.39 is 26.6 Å². The molecule has 0 atom stereocenters. The predicted octanol–water partition coefficient (Wildman–Crippen LogP) is 2.19. The number of rotatable bonds is 4. The van der Waals surface area contributed by atoms with E-state index in [1.807, 2.05) is 17.5 Å². The Morgan fingerprint density at radius 2 is 2.10 bits per heavy atom. The number of hydrogen-bond acceptors (Lipinski definition) is 4. The Kier molecular flexibility index (Phi) is 4.51. The summed E-state index contributed by atoms with van der Waals surface area (Å²) in [6, 6.07) is 6.55. The molecule has 2 rings (SSSR count). The summed E-state index contributed by atoms with van der Waals surface area (Å²) < 4.78 is 35.7. The van der Waals surface area contributed by atoms with E-state index in [-0.39, 0.29) is 5.69 Å². The number of anilines is 1. The van der Waals surface area contributed by atoms with Crippen molar-refractivity contribution in [3.8, 4) is 0 Å². The maximum absolute atomic E-state index is 13.3. The summed E-state index contributed by atoms with van der Waals surface area (Å²) in [5.74, 6) is -1.31. The second-order valence-electron chi connectivity index (χ2n) is 4.06. The lowest BCUT2D eigenvalue weighted by molar-refractivity contribution is -0.111. The van der Waals surface area contributed by atoms with Crippen molar-refractivity contribution in [2.75, 3.05) is 5.32 Å². The fourth-order valence-corrected chi connectivity index (χ4v) is 2.71. The van der Waals surface area contributed by atoms with Crippen molar-refractivity contribution in [1.29, 1.82) is 0 Å². The number of hydrogen-bond donors (Lipinski definition) is 2. The van der Waals surface area contributed by atoms with Gasteiger partial charge in [-0.2, -0.15) is 0 Å². The zero-order chi connectivity index (χ0) is 15.5. The van der Waals surface area contributed by atoms with Crippen molar-refractivity contribution in [3.05, 3.63) is 52.5 Å². The number of primary sulfonamides is 1. The van der Waals surface area contributed by atoms with Gasteiger partial charge < -0.3 is 5.32 Å². The molecule has 8 heteroatoms. The first-order valence-corrected chi connectivity index (χ1v) is 8.13. The molecule has 0 aliphatic carbocycles. The molecule has 1 aromatic heterocycles. The van der Waals surface area contributed by atoms with Crippen LogP contribution < -0.4 is 10.5 Å². The molecule has 1 heterocycles. The molecule has 0 saturated heterocycles. The molecule has 0 unspecified atom stereocenters. The first-order valence-electron chi connectivity index (χ1n) is 5.70. The van der Waals surface area contributed by atoms with Crippen molar-refractivity contribution in [2.24, 2.45) is 5.14 Å². The van der Waals surface area contributed by atoms with E-state index in [1.165, 1.54) is 17.4 Å². The van der Waals surface area contributed by atoms with Gasteiger partial charge in [-0.1, -0.05) is 6.07 Å². The minimum atomic E-state index is -4.04. The molecule has 0 fully saturated rings. The highest BCUT2D eigenvalue weighted by molar-refractivity contribution is 7.89. The van der Waals surface area contributed by atoms with Crippen molar-refractivity contribution in [2.45, 2.75) is 4.90 Å². The monoisotopic (exact) mass is 326 g/mol. The van der Waals surface area contributed by atoms with Gasteiger partial charge >= 0.3 is 0 Å². The fourth-order valence-electron chi connectivity index (χ4n) is 1.53. The smallest absolute Gasteiger partial charge is 0.248 e. The number of thiophene rings is 1. The largest absolute Gasteiger partial charge is 0.322 e. The third-order valence-corrected chi connectivity index (χ3v) is 4.14. The fraction of sp³-hybridized carbons (Fsp3) is 0. The molecule has 21 heavy (non-hydrogen) atoms. The van der Waals surface area contributed by atoms with Gasteiger partial charge in [0.2, 0.25) is 15.9 Å². The molecule has 0 radical (unpaired) electrons. The Hall–Kier alpha value is -2.03. The Balaban J connectivity index is 2.16. The van der Waals surface area contributed by atoms with Crippen molar-refractivity contribution in [1.82, 2.24) is 0 Å². The van der Waals surface area contributed by atoms with Crippen molar-refractivity contribution >= 4 is 39.0 Å². The molecule has 110 valence electrons. The number of benzene rings is 1. The first kappa shape index (κ1) is 15.4. The summed E-state index contributed by atoms with van der Waals surface area (Å²) in [6.07, 6.45) is 2.87. The lowest BCUT2D eigenvalue weighted by atomic mass is 10.3. The van der Waals surface area contributed by atoms with Gasteiger partial charge in [-0.05, 0) is 35.7 Å². The zero-order valence-electron chi connectivity index (χ0n) is 10.6. The van der Waals surface area contributed by atoms with Crippen LogP contribution in [-0.2, 0) is 14.8 Å². The van der Waals surface area contributed by atoms with Crippen LogP contribution in [0.5, 0.6) is 0 Å². The number of carbonyl (C=O) groups excluding carboxylic acids is 1. The number of carbonyl (C=O) groups is 1. The highest BCUT2D eigenvalue weighted by Crippen LogP contribution is 2.17. The van der Waals surface area contributed by atoms with Crippen molar-refractivity contribution in [3.63, 3.8) is 0 Å². The van der Waals surface area contributed by atoms with Gasteiger partial charge in [0, 0.05) is 16.6 Å². The van der Waals surface area contributed by atoms with Crippen LogP contribution in [-0.4, -0.2) is 14.3 Å². The van der Waals surface area contributed by atoms with E-state index in [0.29, 0.717) is 0 Å². The van der Waals surface area contributed by atoms with Crippen LogP contribution in [0.1, 0.15) is 4.88 Å². The third kappa shape index (κ3) is 4.48. The topological polar surface area (TPSA) is 89.3 Å². The summed E-state index contributed by atoms with van der Waals surface area (Å²) in [7, 11) is -4.04. The van der Waals surface area contributed by atoms with E-state index >= 15 is 0 Å². The Morgan fingerprint density at radius 1 is 1.33 bits per heavy atom. The van der Waals surface area contributed by atoms with Gasteiger partial charge in [-0.25, -0.2) is 17.9 Å². The number of nitrogens with one attached hydrogen (secondary N) is 1. The quantitative estimate of drug-likeness (QED) is 0.844. The molecule has 0 saturated carbocycles. The maximum Gasteiger partial charge on any atom is 0.248 e. The van der Waals surface area contributed by atoms with Crippen LogP contribution in [0.2, 0.25) is 0 Å². The summed E-state index contributed by atoms with van der Waals surface area (Å²) in [5, 5.41) is 9.17. The van der Waals surface area contributed by atoms with Crippen LogP contribution in [0.3, 0.4) is 0 Å². The SMILES string of the molecule is NS(=O)(=O)c1cc(F)cc(NC(=O)/C=C/c2cccs2)c1. The number of nitrogens with two attached hydrogens (primary N) is 1. The average molecular weight is 326 g/mol. The maximum atomic E-state index is 13.3. The molecule has 0 bridgehead atoms. The highest BCUT2D eigenvalue weighted by atomic mass is 32.2. The average Bonchev–Trinajstić information content (AvgIpc) is 2.87. The summed E-state index contributed by atoms with van der Waals surface area (Å²) in [6.45, 7) is 0. The van der Waals surface area contributed by atoms with Gasteiger partial charge in [0.15, 0.2) is 0 Å². The van der Waals surface area contributed by atoms with Gasteiger partial charge in [0.1, 0.15) is 5.82 Å². The molecule has 0 aliphatic rings. The summed E-state index contributed by atoms with van der Waals surface area (Å²) in [5.41, 5.74) is 0.0138. The summed E-state index contributed by atoms with van der Waals surface area (Å²) >= 11 is 1.46. The number of sulfonamides is 1. The normalized spacial score (nSPS) is 11.7. The molecule has 0 spiro atoms. The van der Waals surface area contributed by atoms with Crippen molar-refractivity contribution < 1.29 is 17.6 Å². The van der Waals surface area contributed by atoms with Gasteiger partial charge in [-0.3, -0.25) is 4.79 Å². The van der Waals surface area contributed by atoms with Crippen LogP contribution in [0.25, 0.3) is 6.08 Å². The molecular formula is C13H11FN2O3S2. The molecule has 1 amide bonds. The van der Waals surface area contributed by atoms with Crippen LogP contribution >= 0.6 is 11.3 Å². The molecule has 5 nitrogen and oxygen atoms in total. The lowest BCUT2D eigenvalue weighted by Crippen LogP contribution is -2.14. The Bertz CT molecular complexity index is 784. The molecule has 2 aromatic rings. The van der Waals surface area contributed by atoms with Gasteiger partial charge in [0.05, 0.1) is 4.90 Å².